The SMILES string of the molecule is COc1cc2c3cc1OCC(=O)NCCCOc1cccc(c1)C2N(C(=O)c1ccncc1OC)CC3. The Labute approximate surface area is 215 Å². The summed E-state index contributed by atoms with van der Waals surface area (Å²) in [6, 6.07) is 12.9. The molecule has 6 bridgehead atoms. The number of pyridine rings is 1. The summed E-state index contributed by atoms with van der Waals surface area (Å²) in [6.07, 6.45) is 4.38. The van der Waals surface area contributed by atoms with Crippen LogP contribution in [0.3, 0.4) is 0 Å². The van der Waals surface area contributed by atoms with E-state index < -0.39 is 6.04 Å². The topological polar surface area (TPSA) is 99.2 Å². The van der Waals surface area contributed by atoms with Crippen LogP contribution in [0.15, 0.2) is 54.9 Å². The highest BCUT2D eigenvalue weighted by atomic mass is 16.5. The van der Waals surface area contributed by atoms with Gasteiger partial charge >= 0.3 is 0 Å². The number of rotatable bonds is 3. The number of aromatic nitrogens is 1. The Morgan fingerprint density at radius 3 is 2.81 bits per heavy atom. The fourth-order valence-electron chi connectivity index (χ4n) is 4.81. The maximum Gasteiger partial charge on any atom is 0.258 e. The van der Waals surface area contributed by atoms with E-state index in [1.807, 2.05) is 41.3 Å². The van der Waals surface area contributed by atoms with Crippen LogP contribution >= 0.6 is 0 Å². The molecule has 192 valence electrons. The van der Waals surface area contributed by atoms with Gasteiger partial charge in [-0.3, -0.25) is 14.6 Å². The highest BCUT2D eigenvalue weighted by molar-refractivity contribution is 5.97. The van der Waals surface area contributed by atoms with Crippen molar-refractivity contribution in [3.63, 3.8) is 0 Å². The number of carbonyl (C=O) groups excluding carboxylic acids is 2. The molecule has 6 rings (SSSR count). The molecule has 1 atom stereocenters. The quantitative estimate of drug-likeness (QED) is 0.586. The Bertz CT molecular complexity index is 1310. The largest absolute Gasteiger partial charge is 0.494 e. The van der Waals surface area contributed by atoms with Crippen molar-refractivity contribution in [1.82, 2.24) is 15.2 Å². The van der Waals surface area contributed by atoms with Crippen LogP contribution in [0.2, 0.25) is 0 Å². The molecular weight excluding hydrogens is 474 g/mol. The lowest BCUT2D eigenvalue weighted by Gasteiger charge is -2.38. The zero-order valence-electron chi connectivity index (χ0n) is 20.9. The van der Waals surface area contributed by atoms with Crippen molar-refractivity contribution >= 4 is 11.8 Å². The molecule has 0 radical (unpaired) electrons. The smallest absolute Gasteiger partial charge is 0.258 e. The van der Waals surface area contributed by atoms with Gasteiger partial charge in [-0.05, 0) is 59.9 Å². The van der Waals surface area contributed by atoms with Gasteiger partial charge in [-0.15, -0.1) is 0 Å². The highest BCUT2D eigenvalue weighted by Crippen LogP contribution is 2.42. The Kier molecular flexibility index (Phi) is 7.11. The zero-order chi connectivity index (χ0) is 25.8. The molecule has 1 aromatic heterocycles. The van der Waals surface area contributed by atoms with Crippen molar-refractivity contribution < 1.29 is 28.5 Å². The molecule has 3 aromatic rings. The van der Waals surface area contributed by atoms with Crippen molar-refractivity contribution in [2.75, 3.05) is 40.5 Å². The number of methoxy groups -OCH3 is 2. The van der Waals surface area contributed by atoms with Crippen LogP contribution < -0.4 is 24.3 Å². The summed E-state index contributed by atoms with van der Waals surface area (Å²) in [5.41, 5.74) is 3.30. The summed E-state index contributed by atoms with van der Waals surface area (Å²) >= 11 is 0. The number of nitrogens with one attached hydrogen (secondary N) is 1. The molecule has 3 aliphatic rings. The van der Waals surface area contributed by atoms with E-state index in [-0.39, 0.29) is 18.4 Å². The number of amides is 2. The van der Waals surface area contributed by atoms with Crippen molar-refractivity contribution in [1.29, 1.82) is 0 Å². The fraction of sp³-hybridized carbons (Fsp3) is 0.321. The van der Waals surface area contributed by atoms with Crippen molar-refractivity contribution in [2.45, 2.75) is 18.9 Å². The minimum Gasteiger partial charge on any atom is -0.494 e. The molecule has 3 aliphatic heterocycles. The van der Waals surface area contributed by atoms with Crippen LogP contribution in [0.5, 0.6) is 23.0 Å². The van der Waals surface area contributed by atoms with Gasteiger partial charge in [0.05, 0.1) is 38.6 Å². The van der Waals surface area contributed by atoms with E-state index in [4.69, 9.17) is 18.9 Å². The number of hydrogen-bond donors (Lipinski definition) is 1. The number of fused-ring (bicyclic) bond motifs is 8. The maximum atomic E-state index is 13.9. The summed E-state index contributed by atoms with van der Waals surface area (Å²) in [5, 5.41) is 2.85. The van der Waals surface area contributed by atoms with E-state index in [9.17, 15) is 9.59 Å². The molecular formula is C28H29N3O6. The van der Waals surface area contributed by atoms with Gasteiger partial charge in [-0.1, -0.05) is 12.1 Å². The van der Waals surface area contributed by atoms with Gasteiger partial charge in [0, 0.05) is 19.3 Å². The van der Waals surface area contributed by atoms with Gasteiger partial charge < -0.3 is 29.2 Å². The number of nitrogens with zero attached hydrogens (tertiary/aromatic N) is 2. The van der Waals surface area contributed by atoms with Crippen LogP contribution in [0.25, 0.3) is 0 Å². The van der Waals surface area contributed by atoms with Crippen molar-refractivity contribution in [2.24, 2.45) is 0 Å². The molecule has 1 N–H and O–H groups in total. The van der Waals surface area contributed by atoms with Crippen molar-refractivity contribution in [3.8, 4) is 23.0 Å². The molecule has 1 unspecified atom stereocenters. The van der Waals surface area contributed by atoms with Gasteiger partial charge in [0.1, 0.15) is 11.5 Å². The minimum absolute atomic E-state index is 0.120. The standard InChI is InChI=1S/C28H29N3O6/c1-34-23-15-22-18-8-11-31(28(33)21-7-10-29-16-25(21)35-2)27(22)19-5-3-6-20(13-19)36-12-4-9-30-26(32)17-37-24(23)14-18/h3,5-7,10,13-16,27H,4,8-9,11-12,17H2,1-2H3,(H,30,32). The summed E-state index contributed by atoms with van der Waals surface area (Å²) < 4.78 is 22.9. The zero-order valence-corrected chi connectivity index (χ0v) is 20.9. The number of carbonyl (C=O) groups is 2. The minimum atomic E-state index is -0.406. The first kappa shape index (κ1) is 24.4. The first-order chi connectivity index (χ1) is 18.1. The van der Waals surface area contributed by atoms with E-state index in [1.165, 1.54) is 7.11 Å². The second-order valence-electron chi connectivity index (χ2n) is 8.84. The first-order valence-electron chi connectivity index (χ1n) is 12.2. The molecule has 0 saturated heterocycles. The van der Waals surface area contributed by atoms with Gasteiger partial charge in [0.15, 0.2) is 18.1 Å². The summed E-state index contributed by atoms with van der Waals surface area (Å²) in [7, 11) is 3.09. The Hall–Kier alpha value is -4.27. The lowest BCUT2D eigenvalue weighted by Crippen LogP contribution is -2.41. The first-order valence-corrected chi connectivity index (χ1v) is 12.2. The van der Waals surface area contributed by atoms with Crippen LogP contribution in [-0.4, -0.2) is 62.2 Å². The van der Waals surface area contributed by atoms with Crippen LogP contribution in [0.1, 0.15) is 39.5 Å². The second-order valence-corrected chi connectivity index (χ2v) is 8.84. The third-order valence-corrected chi connectivity index (χ3v) is 6.59. The molecule has 9 nitrogen and oxygen atoms in total. The molecule has 37 heavy (non-hydrogen) atoms. The number of benzene rings is 2. The molecule has 4 heterocycles. The Morgan fingerprint density at radius 2 is 1.97 bits per heavy atom. The van der Waals surface area contributed by atoms with Crippen molar-refractivity contribution in [3.05, 3.63) is 77.1 Å². The lowest BCUT2D eigenvalue weighted by molar-refractivity contribution is -0.123. The third-order valence-electron chi connectivity index (χ3n) is 6.59. The van der Waals surface area contributed by atoms with E-state index in [0.29, 0.717) is 61.1 Å². The molecule has 0 spiro atoms. The summed E-state index contributed by atoms with van der Waals surface area (Å²) in [6.45, 7) is 1.27. The average molecular weight is 504 g/mol. The molecule has 0 fully saturated rings. The van der Waals surface area contributed by atoms with Crippen LogP contribution in [-0.2, 0) is 11.2 Å². The molecule has 0 aliphatic carbocycles. The molecule has 0 saturated carbocycles. The number of hydrogen-bond acceptors (Lipinski definition) is 7. The number of ether oxygens (including phenoxy) is 4. The summed E-state index contributed by atoms with van der Waals surface area (Å²) in [4.78, 5) is 32.1. The molecule has 9 heteroatoms. The second kappa shape index (κ2) is 10.8. The predicted molar refractivity (Wildman–Crippen MR) is 135 cm³/mol. The molecule has 2 aromatic carbocycles. The maximum absolute atomic E-state index is 13.9. The van der Waals surface area contributed by atoms with Crippen LogP contribution in [0, 0.1) is 0 Å². The predicted octanol–water partition coefficient (Wildman–Crippen LogP) is 3.16. The monoisotopic (exact) mass is 503 g/mol. The summed E-state index contributed by atoms with van der Waals surface area (Å²) in [5.74, 6) is 1.73. The van der Waals surface area contributed by atoms with Gasteiger partial charge in [0.2, 0.25) is 0 Å². The fourth-order valence-corrected chi connectivity index (χ4v) is 4.81. The highest BCUT2D eigenvalue weighted by Gasteiger charge is 2.35. The van der Waals surface area contributed by atoms with E-state index >= 15 is 0 Å². The van der Waals surface area contributed by atoms with E-state index in [1.54, 1.807) is 25.6 Å². The third kappa shape index (κ3) is 5.02. The average Bonchev–Trinajstić information content (AvgIpc) is 2.94. The lowest BCUT2D eigenvalue weighted by atomic mass is 9.87. The van der Waals surface area contributed by atoms with Gasteiger partial charge in [-0.2, -0.15) is 0 Å². The molecule has 2 amide bonds. The van der Waals surface area contributed by atoms with Crippen LogP contribution in [0.4, 0.5) is 0 Å². The van der Waals surface area contributed by atoms with Gasteiger partial charge in [-0.25, -0.2) is 0 Å². The van der Waals surface area contributed by atoms with E-state index in [0.717, 1.165) is 16.7 Å². The van der Waals surface area contributed by atoms with E-state index in [2.05, 4.69) is 10.3 Å². The Morgan fingerprint density at radius 1 is 1.11 bits per heavy atom. The Balaban J connectivity index is 1.64. The normalized spacial score (nSPS) is 17.3. The van der Waals surface area contributed by atoms with Gasteiger partial charge in [0.25, 0.3) is 11.8 Å².